The van der Waals surface area contributed by atoms with Gasteiger partial charge < -0.3 is 5.32 Å². The monoisotopic (exact) mass is 252 g/mol. The molecule has 1 fully saturated rings. The summed E-state index contributed by atoms with van der Waals surface area (Å²) in [5.74, 6) is 0.645. The molecule has 0 saturated heterocycles. The van der Waals surface area contributed by atoms with Crippen LogP contribution in [0.5, 0.6) is 0 Å². The number of hydrogen-bond acceptors (Lipinski definition) is 3. The van der Waals surface area contributed by atoms with Crippen molar-refractivity contribution in [3.05, 3.63) is 23.8 Å². The van der Waals surface area contributed by atoms with Crippen LogP contribution in [0.2, 0.25) is 0 Å². The molecule has 1 aliphatic carbocycles. The maximum absolute atomic E-state index is 11.8. The molecule has 1 heterocycles. The van der Waals surface area contributed by atoms with E-state index in [0.717, 1.165) is 31.5 Å². The Hall–Kier alpha value is -1.23. The third-order valence-corrected chi connectivity index (χ3v) is 4.70. The summed E-state index contributed by atoms with van der Waals surface area (Å²) in [6, 6.07) is 5.69. The van der Waals surface area contributed by atoms with Crippen LogP contribution in [0.4, 0.5) is 11.4 Å². The second-order valence-corrected chi connectivity index (χ2v) is 6.64. The van der Waals surface area contributed by atoms with Crippen LogP contribution in [0.3, 0.4) is 0 Å². The Labute approximate surface area is 101 Å². The van der Waals surface area contributed by atoms with E-state index in [4.69, 9.17) is 0 Å². The van der Waals surface area contributed by atoms with Crippen LogP contribution in [-0.2, 0) is 16.4 Å². The van der Waals surface area contributed by atoms with Gasteiger partial charge in [-0.1, -0.05) is 0 Å². The number of benzene rings is 1. The predicted octanol–water partition coefficient (Wildman–Crippen LogP) is 1.81. The molecule has 0 amide bonds. The molecule has 5 heteroatoms. The Kier molecular flexibility index (Phi) is 2.50. The van der Waals surface area contributed by atoms with E-state index in [2.05, 4.69) is 10.0 Å². The van der Waals surface area contributed by atoms with Gasteiger partial charge in [0.25, 0.3) is 0 Å². The van der Waals surface area contributed by atoms with Crippen LogP contribution in [0.1, 0.15) is 18.4 Å². The van der Waals surface area contributed by atoms with Gasteiger partial charge in [-0.05, 0) is 48.9 Å². The number of rotatable bonds is 4. The van der Waals surface area contributed by atoms with Gasteiger partial charge in [0.2, 0.25) is 10.0 Å². The average Bonchev–Trinajstić information content (AvgIpc) is 2.93. The van der Waals surface area contributed by atoms with E-state index >= 15 is 0 Å². The fourth-order valence-electron chi connectivity index (χ4n) is 2.18. The first kappa shape index (κ1) is 10.9. The number of nitrogens with one attached hydrogen (secondary N) is 2. The Morgan fingerprint density at radius 1 is 1.35 bits per heavy atom. The maximum atomic E-state index is 11.8. The van der Waals surface area contributed by atoms with E-state index in [-0.39, 0.29) is 5.75 Å². The van der Waals surface area contributed by atoms with Crippen molar-refractivity contribution in [1.82, 2.24) is 0 Å². The molecule has 4 nitrogen and oxygen atoms in total. The second-order valence-electron chi connectivity index (χ2n) is 4.88. The van der Waals surface area contributed by atoms with Crippen LogP contribution >= 0.6 is 0 Å². The molecule has 0 spiro atoms. The van der Waals surface area contributed by atoms with Crippen LogP contribution in [0.15, 0.2) is 18.2 Å². The summed E-state index contributed by atoms with van der Waals surface area (Å²) in [4.78, 5) is 0. The highest BCUT2D eigenvalue weighted by molar-refractivity contribution is 7.92. The number of hydrogen-bond donors (Lipinski definition) is 2. The van der Waals surface area contributed by atoms with E-state index in [1.807, 2.05) is 18.2 Å². The molecule has 92 valence electrons. The third-order valence-electron chi connectivity index (χ3n) is 3.24. The lowest BCUT2D eigenvalue weighted by atomic mass is 10.1. The van der Waals surface area contributed by atoms with Crippen molar-refractivity contribution in [2.45, 2.75) is 19.3 Å². The quantitative estimate of drug-likeness (QED) is 0.859. The minimum absolute atomic E-state index is 0.266. The minimum atomic E-state index is -3.16. The van der Waals surface area contributed by atoms with Crippen molar-refractivity contribution in [3.63, 3.8) is 0 Å². The van der Waals surface area contributed by atoms with Crippen molar-refractivity contribution < 1.29 is 8.42 Å². The topological polar surface area (TPSA) is 58.2 Å². The Morgan fingerprint density at radius 2 is 2.18 bits per heavy atom. The van der Waals surface area contributed by atoms with Crippen LogP contribution < -0.4 is 10.0 Å². The largest absolute Gasteiger partial charge is 0.384 e. The third kappa shape index (κ3) is 2.54. The smallest absolute Gasteiger partial charge is 0.232 e. The fourth-order valence-corrected chi connectivity index (χ4v) is 3.71. The van der Waals surface area contributed by atoms with Crippen molar-refractivity contribution in [2.24, 2.45) is 5.92 Å². The van der Waals surface area contributed by atoms with Gasteiger partial charge in [0.05, 0.1) is 5.75 Å². The number of sulfonamides is 1. The summed E-state index contributed by atoms with van der Waals surface area (Å²) in [7, 11) is -3.16. The number of anilines is 2. The van der Waals surface area contributed by atoms with Gasteiger partial charge in [0.15, 0.2) is 0 Å². The Morgan fingerprint density at radius 3 is 2.94 bits per heavy atom. The van der Waals surface area contributed by atoms with Crippen molar-refractivity contribution in [1.29, 1.82) is 0 Å². The van der Waals surface area contributed by atoms with Crippen molar-refractivity contribution in [2.75, 3.05) is 22.3 Å². The lowest BCUT2D eigenvalue weighted by molar-refractivity contribution is 0.597. The standard InChI is InChI=1S/C12H16N2O2S/c15-17(16,8-9-1-2-9)14-11-3-4-12-10(7-11)5-6-13-12/h3-4,7,9,13-14H,1-2,5-6,8H2. The summed E-state index contributed by atoms with van der Waals surface area (Å²) in [6.45, 7) is 0.938. The van der Waals surface area contributed by atoms with E-state index in [1.54, 1.807) is 0 Å². The zero-order valence-corrected chi connectivity index (χ0v) is 10.4. The van der Waals surface area contributed by atoms with Crippen LogP contribution in [-0.4, -0.2) is 20.7 Å². The zero-order valence-electron chi connectivity index (χ0n) is 9.57. The first-order valence-corrected chi connectivity index (χ1v) is 7.65. The average molecular weight is 252 g/mol. The van der Waals surface area contributed by atoms with E-state index in [9.17, 15) is 8.42 Å². The lowest BCUT2D eigenvalue weighted by Crippen LogP contribution is -2.17. The van der Waals surface area contributed by atoms with Crippen LogP contribution in [0.25, 0.3) is 0 Å². The van der Waals surface area contributed by atoms with Gasteiger partial charge in [-0.15, -0.1) is 0 Å². The maximum Gasteiger partial charge on any atom is 0.232 e. The molecule has 0 unspecified atom stereocenters. The van der Waals surface area contributed by atoms with Crippen LogP contribution in [0, 0.1) is 5.92 Å². The highest BCUT2D eigenvalue weighted by atomic mass is 32.2. The molecule has 0 bridgehead atoms. The summed E-state index contributed by atoms with van der Waals surface area (Å²) < 4.78 is 26.3. The summed E-state index contributed by atoms with van der Waals surface area (Å²) in [5.41, 5.74) is 3.00. The molecule has 17 heavy (non-hydrogen) atoms. The predicted molar refractivity (Wildman–Crippen MR) is 68.8 cm³/mol. The van der Waals surface area contributed by atoms with E-state index in [0.29, 0.717) is 11.6 Å². The Bertz CT molecular complexity index is 535. The molecule has 0 radical (unpaired) electrons. The molecule has 1 aromatic rings. The van der Waals surface area contributed by atoms with Gasteiger partial charge in [-0.3, -0.25) is 4.72 Å². The molecule has 1 saturated carbocycles. The first-order valence-electron chi connectivity index (χ1n) is 6.00. The highest BCUT2D eigenvalue weighted by Crippen LogP contribution is 2.31. The van der Waals surface area contributed by atoms with Crippen molar-refractivity contribution in [3.8, 4) is 0 Å². The first-order chi connectivity index (χ1) is 8.12. The fraction of sp³-hybridized carbons (Fsp3) is 0.500. The molecular formula is C12H16N2O2S. The second kappa shape index (κ2) is 3.91. The molecule has 2 aliphatic rings. The SMILES string of the molecule is O=S(=O)(CC1CC1)Nc1ccc2c(c1)CCN2. The molecule has 2 N–H and O–H groups in total. The summed E-state index contributed by atoms with van der Waals surface area (Å²) in [6.07, 6.45) is 3.07. The van der Waals surface area contributed by atoms with E-state index in [1.165, 1.54) is 5.56 Å². The zero-order chi connectivity index (χ0) is 11.9. The molecule has 3 rings (SSSR count). The molecule has 1 aromatic carbocycles. The van der Waals surface area contributed by atoms with Gasteiger partial charge >= 0.3 is 0 Å². The summed E-state index contributed by atoms with van der Waals surface area (Å²) in [5, 5.41) is 3.26. The Balaban J connectivity index is 1.76. The van der Waals surface area contributed by atoms with Gasteiger partial charge in [0.1, 0.15) is 0 Å². The molecule has 1 aliphatic heterocycles. The van der Waals surface area contributed by atoms with Gasteiger partial charge in [-0.25, -0.2) is 8.42 Å². The van der Waals surface area contributed by atoms with Crippen molar-refractivity contribution >= 4 is 21.4 Å². The number of fused-ring (bicyclic) bond motifs is 1. The van der Waals surface area contributed by atoms with E-state index < -0.39 is 10.0 Å². The van der Waals surface area contributed by atoms with Gasteiger partial charge in [0, 0.05) is 17.9 Å². The molecular weight excluding hydrogens is 236 g/mol. The summed E-state index contributed by atoms with van der Waals surface area (Å²) >= 11 is 0. The highest BCUT2D eigenvalue weighted by Gasteiger charge is 2.28. The molecule has 0 atom stereocenters. The minimum Gasteiger partial charge on any atom is -0.384 e. The molecule has 0 aromatic heterocycles. The normalized spacial score (nSPS) is 18.6. The van der Waals surface area contributed by atoms with Gasteiger partial charge in [-0.2, -0.15) is 0 Å². The lowest BCUT2D eigenvalue weighted by Gasteiger charge is -2.08.